The fraction of sp³-hybridized carbons (Fsp3) is 0.917. The molecule has 1 saturated heterocycles. The van der Waals surface area contributed by atoms with Crippen LogP contribution in [0, 0.1) is 0 Å². The zero-order valence-corrected chi connectivity index (χ0v) is 10.2. The highest BCUT2D eigenvalue weighted by Gasteiger charge is 2.29. The monoisotopic (exact) mass is 225 g/mol. The molecule has 1 aliphatic heterocycles. The van der Waals surface area contributed by atoms with Crippen LogP contribution in [0.5, 0.6) is 0 Å². The van der Waals surface area contributed by atoms with Crippen LogP contribution >= 0.6 is 0 Å². The van der Waals surface area contributed by atoms with Crippen LogP contribution < -0.4 is 5.73 Å². The molecule has 2 atom stereocenters. The number of carbonyl (C=O) groups is 1. The maximum absolute atomic E-state index is 12.0. The minimum absolute atomic E-state index is 0.261. The predicted octanol–water partition coefficient (Wildman–Crippen LogP) is 0.420. The third kappa shape index (κ3) is 2.55. The molecule has 4 heteroatoms. The molecular weight excluding hydrogens is 202 g/mol. The molecule has 2 rings (SSSR count). The van der Waals surface area contributed by atoms with Crippen LogP contribution in [0.2, 0.25) is 0 Å². The molecule has 16 heavy (non-hydrogen) atoms. The van der Waals surface area contributed by atoms with Crippen molar-refractivity contribution in [3.63, 3.8) is 0 Å². The Bertz CT molecular complexity index is 251. The van der Waals surface area contributed by atoms with Crippen LogP contribution in [0.4, 0.5) is 0 Å². The van der Waals surface area contributed by atoms with E-state index in [9.17, 15) is 4.79 Å². The fourth-order valence-corrected chi connectivity index (χ4v) is 2.91. The summed E-state index contributed by atoms with van der Waals surface area (Å²) in [7, 11) is 2.03. The van der Waals surface area contributed by atoms with Gasteiger partial charge in [0.05, 0.1) is 6.54 Å². The Hall–Kier alpha value is -0.610. The zero-order valence-electron chi connectivity index (χ0n) is 10.2. The molecule has 2 unspecified atom stereocenters. The number of amides is 1. The van der Waals surface area contributed by atoms with Gasteiger partial charge in [0.1, 0.15) is 0 Å². The summed E-state index contributed by atoms with van der Waals surface area (Å²) in [5.74, 6) is 0.277. The summed E-state index contributed by atoms with van der Waals surface area (Å²) < 4.78 is 0. The van der Waals surface area contributed by atoms with Crippen molar-refractivity contribution in [2.45, 2.75) is 44.2 Å². The van der Waals surface area contributed by atoms with Crippen molar-refractivity contribution >= 4 is 5.91 Å². The van der Waals surface area contributed by atoms with Gasteiger partial charge in [-0.05, 0) is 32.7 Å². The van der Waals surface area contributed by atoms with Crippen LogP contribution in [0.15, 0.2) is 0 Å². The molecule has 2 fully saturated rings. The summed E-state index contributed by atoms with van der Waals surface area (Å²) in [6.07, 6.45) is 5.78. The van der Waals surface area contributed by atoms with Gasteiger partial charge in [0.2, 0.25) is 5.91 Å². The minimum Gasteiger partial charge on any atom is -0.342 e. The van der Waals surface area contributed by atoms with Gasteiger partial charge in [-0.2, -0.15) is 0 Å². The quantitative estimate of drug-likeness (QED) is 0.757. The van der Waals surface area contributed by atoms with Crippen LogP contribution in [-0.4, -0.2) is 54.5 Å². The first-order chi connectivity index (χ1) is 7.68. The van der Waals surface area contributed by atoms with Gasteiger partial charge >= 0.3 is 0 Å². The van der Waals surface area contributed by atoms with Crippen LogP contribution in [0.1, 0.15) is 32.1 Å². The zero-order chi connectivity index (χ0) is 11.5. The minimum atomic E-state index is 0.261. The number of likely N-dealkylation sites (N-methyl/N-ethyl adjacent to an activating group) is 1. The van der Waals surface area contributed by atoms with Gasteiger partial charge in [0.15, 0.2) is 0 Å². The number of nitrogens with zero attached hydrogens (tertiary/aromatic N) is 2. The molecule has 0 spiro atoms. The Balaban J connectivity index is 1.81. The van der Waals surface area contributed by atoms with E-state index in [0.29, 0.717) is 12.6 Å². The molecule has 2 aliphatic rings. The van der Waals surface area contributed by atoms with Crippen molar-refractivity contribution < 1.29 is 4.79 Å². The highest BCUT2D eigenvalue weighted by atomic mass is 16.2. The topological polar surface area (TPSA) is 49.6 Å². The van der Waals surface area contributed by atoms with E-state index in [4.69, 9.17) is 5.73 Å². The third-order valence-corrected chi connectivity index (χ3v) is 3.94. The fourth-order valence-electron chi connectivity index (χ4n) is 2.91. The van der Waals surface area contributed by atoms with E-state index in [1.165, 1.54) is 19.3 Å². The molecule has 0 bridgehead atoms. The molecule has 1 saturated carbocycles. The lowest BCUT2D eigenvalue weighted by Crippen LogP contribution is -2.47. The van der Waals surface area contributed by atoms with Gasteiger partial charge in [0, 0.05) is 25.2 Å². The second-order valence-electron chi connectivity index (χ2n) is 5.17. The molecule has 0 aromatic carbocycles. The number of likely N-dealkylation sites (tertiary alicyclic amines) is 1. The van der Waals surface area contributed by atoms with Crippen molar-refractivity contribution in [1.29, 1.82) is 0 Å². The summed E-state index contributed by atoms with van der Waals surface area (Å²) >= 11 is 0. The molecule has 0 aromatic rings. The Morgan fingerprint density at radius 1 is 1.31 bits per heavy atom. The molecule has 4 nitrogen and oxygen atoms in total. The van der Waals surface area contributed by atoms with Gasteiger partial charge in [-0.15, -0.1) is 0 Å². The molecule has 1 aliphatic carbocycles. The number of hydrogen-bond acceptors (Lipinski definition) is 3. The van der Waals surface area contributed by atoms with Gasteiger partial charge in [-0.1, -0.05) is 6.42 Å². The highest BCUT2D eigenvalue weighted by molar-refractivity contribution is 5.78. The maximum atomic E-state index is 12.0. The van der Waals surface area contributed by atoms with E-state index in [0.717, 1.165) is 25.9 Å². The second-order valence-corrected chi connectivity index (χ2v) is 5.17. The molecule has 1 heterocycles. The Morgan fingerprint density at radius 3 is 2.56 bits per heavy atom. The lowest BCUT2D eigenvalue weighted by atomic mass is 10.1. The predicted molar refractivity (Wildman–Crippen MR) is 64.1 cm³/mol. The second kappa shape index (κ2) is 5.15. The van der Waals surface area contributed by atoms with E-state index in [-0.39, 0.29) is 11.9 Å². The first kappa shape index (κ1) is 11.9. The SMILES string of the molecule is CN(CC(=O)N1CCCC1)C1CCCC1N. The summed E-state index contributed by atoms with van der Waals surface area (Å²) in [6.45, 7) is 2.44. The van der Waals surface area contributed by atoms with E-state index in [2.05, 4.69) is 4.90 Å². The van der Waals surface area contributed by atoms with Gasteiger partial charge < -0.3 is 10.6 Å². The van der Waals surface area contributed by atoms with Crippen LogP contribution in [0.25, 0.3) is 0 Å². The van der Waals surface area contributed by atoms with Crippen molar-refractivity contribution in [2.75, 3.05) is 26.7 Å². The van der Waals surface area contributed by atoms with Crippen molar-refractivity contribution in [3.8, 4) is 0 Å². The summed E-state index contributed by atoms with van der Waals surface area (Å²) in [5, 5.41) is 0. The molecular formula is C12H23N3O. The average molecular weight is 225 g/mol. The number of carbonyl (C=O) groups excluding carboxylic acids is 1. The van der Waals surface area contributed by atoms with E-state index in [1.807, 2.05) is 11.9 Å². The Morgan fingerprint density at radius 2 is 2.00 bits per heavy atom. The molecule has 0 aromatic heterocycles. The lowest BCUT2D eigenvalue weighted by Gasteiger charge is -2.28. The molecule has 2 N–H and O–H groups in total. The average Bonchev–Trinajstić information content (AvgIpc) is 2.86. The molecule has 1 amide bonds. The highest BCUT2D eigenvalue weighted by Crippen LogP contribution is 2.21. The van der Waals surface area contributed by atoms with Gasteiger partial charge in [-0.3, -0.25) is 9.69 Å². The normalized spacial score (nSPS) is 30.3. The maximum Gasteiger partial charge on any atom is 0.236 e. The number of rotatable bonds is 3. The van der Waals surface area contributed by atoms with E-state index in [1.54, 1.807) is 0 Å². The lowest BCUT2D eigenvalue weighted by molar-refractivity contribution is -0.131. The van der Waals surface area contributed by atoms with Crippen LogP contribution in [0.3, 0.4) is 0 Å². The van der Waals surface area contributed by atoms with Crippen molar-refractivity contribution in [1.82, 2.24) is 9.80 Å². The summed E-state index contributed by atoms with van der Waals surface area (Å²) in [6, 6.07) is 0.669. The molecule has 92 valence electrons. The molecule has 0 radical (unpaired) electrons. The number of nitrogens with two attached hydrogens (primary N) is 1. The first-order valence-corrected chi connectivity index (χ1v) is 6.42. The summed E-state index contributed by atoms with van der Waals surface area (Å²) in [4.78, 5) is 16.1. The third-order valence-electron chi connectivity index (χ3n) is 3.94. The standard InChI is InChI=1S/C12H23N3O/c1-14(11-6-4-5-10(11)13)9-12(16)15-7-2-3-8-15/h10-11H,2-9,13H2,1H3. The van der Waals surface area contributed by atoms with Crippen LogP contribution in [-0.2, 0) is 4.79 Å². The van der Waals surface area contributed by atoms with Crippen molar-refractivity contribution in [2.24, 2.45) is 5.73 Å². The van der Waals surface area contributed by atoms with E-state index >= 15 is 0 Å². The number of hydrogen-bond donors (Lipinski definition) is 1. The largest absolute Gasteiger partial charge is 0.342 e. The van der Waals surface area contributed by atoms with Gasteiger partial charge in [-0.25, -0.2) is 0 Å². The summed E-state index contributed by atoms with van der Waals surface area (Å²) in [5.41, 5.74) is 6.04. The first-order valence-electron chi connectivity index (χ1n) is 6.42. The smallest absolute Gasteiger partial charge is 0.236 e. The van der Waals surface area contributed by atoms with Crippen molar-refractivity contribution in [3.05, 3.63) is 0 Å². The van der Waals surface area contributed by atoms with E-state index < -0.39 is 0 Å². The Labute approximate surface area is 97.8 Å². The Kier molecular flexibility index (Phi) is 3.82. The van der Waals surface area contributed by atoms with Gasteiger partial charge in [0.25, 0.3) is 0 Å².